The number of hydrogen-bond acceptors (Lipinski definition) is 3. The lowest BCUT2D eigenvalue weighted by Gasteiger charge is -2.08. The highest BCUT2D eigenvalue weighted by atomic mass is 16.5. The fourth-order valence-electron chi connectivity index (χ4n) is 2.10. The maximum absolute atomic E-state index is 11.3. The van der Waals surface area contributed by atoms with E-state index in [0.717, 1.165) is 18.8 Å². The first-order chi connectivity index (χ1) is 10.8. The van der Waals surface area contributed by atoms with Crippen LogP contribution in [0.2, 0.25) is 0 Å². The number of unbranched alkanes of at least 4 members (excludes halogenated alkanes) is 5. The molecule has 4 heteroatoms. The SMILES string of the molecule is CCCCCCCCOc1ccc(OCC(=O)NCC)cc1. The fraction of sp³-hybridized carbons (Fsp3) is 0.611. The van der Waals surface area contributed by atoms with Gasteiger partial charge in [0.25, 0.3) is 5.91 Å². The minimum absolute atomic E-state index is 0.0474. The average molecular weight is 307 g/mol. The lowest BCUT2D eigenvalue weighted by atomic mass is 10.1. The third kappa shape index (κ3) is 8.55. The predicted octanol–water partition coefficient (Wildman–Crippen LogP) is 3.94. The fourth-order valence-corrected chi connectivity index (χ4v) is 2.10. The zero-order chi connectivity index (χ0) is 16.0. The summed E-state index contributed by atoms with van der Waals surface area (Å²) < 4.78 is 11.1. The van der Waals surface area contributed by atoms with Gasteiger partial charge in [-0.1, -0.05) is 39.0 Å². The molecule has 0 unspecified atom stereocenters. The van der Waals surface area contributed by atoms with Gasteiger partial charge in [-0.2, -0.15) is 0 Å². The molecule has 4 nitrogen and oxygen atoms in total. The van der Waals surface area contributed by atoms with Crippen LogP contribution in [0, 0.1) is 0 Å². The predicted molar refractivity (Wildman–Crippen MR) is 89.5 cm³/mol. The third-order valence-corrected chi connectivity index (χ3v) is 3.33. The summed E-state index contributed by atoms with van der Waals surface area (Å²) in [6.45, 7) is 5.53. The number of amides is 1. The molecule has 1 amide bonds. The quantitative estimate of drug-likeness (QED) is 0.595. The Morgan fingerprint density at radius 1 is 0.909 bits per heavy atom. The van der Waals surface area contributed by atoms with Gasteiger partial charge in [0, 0.05) is 6.54 Å². The van der Waals surface area contributed by atoms with Gasteiger partial charge in [0.1, 0.15) is 11.5 Å². The Morgan fingerprint density at radius 3 is 2.14 bits per heavy atom. The summed E-state index contributed by atoms with van der Waals surface area (Å²) in [4.78, 5) is 11.3. The molecule has 1 aromatic rings. The van der Waals surface area contributed by atoms with Crippen LogP contribution >= 0.6 is 0 Å². The third-order valence-electron chi connectivity index (χ3n) is 3.33. The number of benzene rings is 1. The summed E-state index contributed by atoms with van der Waals surface area (Å²) in [6, 6.07) is 7.42. The number of likely N-dealkylation sites (N-methyl/N-ethyl adjacent to an activating group) is 1. The molecule has 0 aromatic heterocycles. The Labute approximate surface area is 134 Å². The first-order valence-corrected chi connectivity index (χ1v) is 8.38. The number of ether oxygens (including phenoxy) is 2. The van der Waals surface area contributed by atoms with Gasteiger partial charge in [-0.05, 0) is 37.6 Å². The highest BCUT2D eigenvalue weighted by molar-refractivity contribution is 5.77. The van der Waals surface area contributed by atoms with Crippen molar-refractivity contribution in [2.45, 2.75) is 52.4 Å². The van der Waals surface area contributed by atoms with E-state index >= 15 is 0 Å². The summed E-state index contributed by atoms with van der Waals surface area (Å²) in [7, 11) is 0. The van der Waals surface area contributed by atoms with Crippen LogP contribution in [0.4, 0.5) is 0 Å². The van der Waals surface area contributed by atoms with Crippen LogP contribution in [0.3, 0.4) is 0 Å². The summed E-state index contributed by atoms with van der Waals surface area (Å²) in [6.07, 6.45) is 7.56. The Morgan fingerprint density at radius 2 is 1.50 bits per heavy atom. The van der Waals surface area contributed by atoms with Crippen molar-refractivity contribution in [1.82, 2.24) is 5.32 Å². The molecule has 0 aliphatic rings. The van der Waals surface area contributed by atoms with Crippen LogP contribution in [0.25, 0.3) is 0 Å². The molecule has 1 rings (SSSR count). The molecule has 0 aliphatic heterocycles. The molecule has 0 aliphatic carbocycles. The topological polar surface area (TPSA) is 47.6 Å². The molecule has 0 saturated heterocycles. The van der Waals surface area contributed by atoms with Crippen molar-refractivity contribution in [3.05, 3.63) is 24.3 Å². The summed E-state index contributed by atoms with van der Waals surface area (Å²) in [5, 5.41) is 2.69. The Bertz CT molecular complexity index is 403. The maximum atomic E-state index is 11.3. The average Bonchev–Trinajstić information content (AvgIpc) is 2.53. The lowest BCUT2D eigenvalue weighted by Crippen LogP contribution is -2.28. The van der Waals surface area contributed by atoms with Gasteiger partial charge in [0.2, 0.25) is 0 Å². The van der Waals surface area contributed by atoms with Crippen molar-refractivity contribution in [3.63, 3.8) is 0 Å². The van der Waals surface area contributed by atoms with Crippen molar-refractivity contribution >= 4 is 5.91 Å². The van der Waals surface area contributed by atoms with Crippen LogP contribution in [-0.2, 0) is 4.79 Å². The molecule has 0 atom stereocenters. The second kappa shape index (κ2) is 11.9. The van der Waals surface area contributed by atoms with E-state index in [1.807, 2.05) is 31.2 Å². The van der Waals surface area contributed by atoms with Crippen molar-refractivity contribution in [3.8, 4) is 11.5 Å². The molecule has 1 N–H and O–H groups in total. The van der Waals surface area contributed by atoms with Gasteiger partial charge in [-0.15, -0.1) is 0 Å². The smallest absolute Gasteiger partial charge is 0.257 e. The Kier molecular flexibility index (Phi) is 9.92. The first kappa shape index (κ1) is 18.3. The second-order valence-corrected chi connectivity index (χ2v) is 5.33. The standard InChI is InChI=1S/C18H29NO3/c1-3-5-6-7-8-9-14-21-16-10-12-17(13-11-16)22-15-18(20)19-4-2/h10-13H,3-9,14-15H2,1-2H3,(H,19,20). The number of carbonyl (C=O) groups excluding carboxylic acids is 1. The van der Waals surface area contributed by atoms with E-state index < -0.39 is 0 Å². The van der Waals surface area contributed by atoms with E-state index in [4.69, 9.17) is 9.47 Å². The summed E-state index contributed by atoms with van der Waals surface area (Å²) >= 11 is 0. The highest BCUT2D eigenvalue weighted by Crippen LogP contribution is 2.18. The van der Waals surface area contributed by atoms with Gasteiger partial charge in [0.15, 0.2) is 6.61 Å². The molecule has 0 spiro atoms. The minimum Gasteiger partial charge on any atom is -0.494 e. The molecule has 22 heavy (non-hydrogen) atoms. The van der Waals surface area contributed by atoms with Crippen molar-refractivity contribution in [2.75, 3.05) is 19.8 Å². The Hall–Kier alpha value is -1.71. The van der Waals surface area contributed by atoms with Gasteiger partial charge < -0.3 is 14.8 Å². The van der Waals surface area contributed by atoms with Gasteiger partial charge in [-0.3, -0.25) is 4.79 Å². The molecular formula is C18H29NO3. The van der Waals surface area contributed by atoms with Gasteiger partial charge in [0.05, 0.1) is 6.61 Å². The summed E-state index contributed by atoms with van der Waals surface area (Å²) in [5.41, 5.74) is 0. The molecule has 0 bridgehead atoms. The van der Waals surface area contributed by atoms with Crippen LogP contribution in [0.15, 0.2) is 24.3 Å². The van der Waals surface area contributed by atoms with E-state index in [-0.39, 0.29) is 12.5 Å². The van der Waals surface area contributed by atoms with Crippen LogP contribution in [-0.4, -0.2) is 25.7 Å². The van der Waals surface area contributed by atoms with Crippen molar-refractivity contribution in [2.24, 2.45) is 0 Å². The Balaban J connectivity index is 2.15. The van der Waals surface area contributed by atoms with E-state index in [1.165, 1.54) is 32.1 Å². The van der Waals surface area contributed by atoms with Gasteiger partial charge >= 0.3 is 0 Å². The number of hydrogen-bond donors (Lipinski definition) is 1. The minimum atomic E-state index is -0.106. The second-order valence-electron chi connectivity index (χ2n) is 5.33. The van der Waals surface area contributed by atoms with E-state index in [0.29, 0.717) is 12.3 Å². The maximum Gasteiger partial charge on any atom is 0.257 e. The number of nitrogens with one attached hydrogen (secondary N) is 1. The molecule has 1 aromatic carbocycles. The first-order valence-electron chi connectivity index (χ1n) is 8.38. The van der Waals surface area contributed by atoms with Crippen molar-refractivity contribution in [1.29, 1.82) is 0 Å². The largest absolute Gasteiger partial charge is 0.494 e. The normalized spacial score (nSPS) is 10.3. The van der Waals surface area contributed by atoms with E-state index in [1.54, 1.807) is 0 Å². The van der Waals surface area contributed by atoms with E-state index in [9.17, 15) is 4.79 Å². The highest BCUT2D eigenvalue weighted by Gasteiger charge is 2.01. The van der Waals surface area contributed by atoms with Crippen molar-refractivity contribution < 1.29 is 14.3 Å². The molecule has 0 radical (unpaired) electrons. The molecule has 0 heterocycles. The summed E-state index contributed by atoms with van der Waals surface area (Å²) in [5.74, 6) is 1.42. The van der Waals surface area contributed by atoms with Gasteiger partial charge in [-0.25, -0.2) is 0 Å². The number of rotatable bonds is 12. The molecule has 124 valence electrons. The van der Waals surface area contributed by atoms with Crippen LogP contribution < -0.4 is 14.8 Å². The zero-order valence-electron chi connectivity index (χ0n) is 13.9. The zero-order valence-corrected chi connectivity index (χ0v) is 13.9. The van der Waals surface area contributed by atoms with E-state index in [2.05, 4.69) is 12.2 Å². The lowest BCUT2D eigenvalue weighted by molar-refractivity contribution is -0.122. The number of carbonyl (C=O) groups is 1. The monoisotopic (exact) mass is 307 g/mol. The van der Waals surface area contributed by atoms with Crippen LogP contribution in [0.5, 0.6) is 11.5 Å². The molecular weight excluding hydrogens is 278 g/mol. The molecule has 0 saturated carbocycles. The molecule has 0 fully saturated rings. The van der Waals surface area contributed by atoms with Crippen LogP contribution in [0.1, 0.15) is 52.4 Å².